The van der Waals surface area contributed by atoms with Crippen molar-refractivity contribution in [3.8, 4) is 11.4 Å². The Morgan fingerprint density at radius 3 is 2.53 bits per heavy atom. The fourth-order valence-electron chi connectivity index (χ4n) is 1.33. The van der Waals surface area contributed by atoms with Crippen molar-refractivity contribution in [3.05, 3.63) is 23.8 Å². The van der Waals surface area contributed by atoms with E-state index in [9.17, 15) is 0 Å². The van der Waals surface area contributed by atoms with Crippen molar-refractivity contribution in [1.29, 1.82) is 0 Å². The lowest BCUT2D eigenvalue weighted by molar-refractivity contribution is 0.781. The maximum absolute atomic E-state index is 5.73. The lowest BCUT2D eigenvalue weighted by atomic mass is 10.1. The number of hydrogen-bond acceptors (Lipinski definition) is 4. The second-order valence-electron chi connectivity index (χ2n) is 3.49. The Balaban J connectivity index is 2.49. The lowest BCUT2D eigenvalue weighted by Crippen LogP contribution is -1.97. The average Bonchev–Trinajstić information content (AvgIpc) is 2.52. The molecule has 2 rings (SSSR count). The maximum Gasteiger partial charge on any atom is 0.218 e. The molecule has 1 heterocycles. The van der Waals surface area contributed by atoms with E-state index in [2.05, 4.69) is 10.1 Å². The first-order valence-electron chi connectivity index (χ1n) is 4.61. The van der Waals surface area contributed by atoms with Crippen LogP contribution in [-0.4, -0.2) is 14.8 Å². The summed E-state index contributed by atoms with van der Waals surface area (Å²) in [5, 5.41) is 4.19. The van der Waals surface area contributed by atoms with Crippen molar-refractivity contribution >= 4 is 11.6 Å². The minimum atomic E-state index is 0.402. The monoisotopic (exact) mass is 203 g/mol. The average molecular weight is 203 g/mol. The Morgan fingerprint density at radius 1 is 1.27 bits per heavy atom. The second-order valence-corrected chi connectivity index (χ2v) is 3.49. The lowest BCUT2D eigenvalue weighted by Gasteiger charge is -2.00. The largest absolute Gasteiger partial charge is 0.399 e. The third-order valence-corrected chi connectivity index (χ3v) is 2.32. The molecule has 0 saturated heterocycles. The second kappa shape index (κ2) is 3.27. The highest BCUT2D eigenvalue weighted by Crippen LogP contribution is 2.20. The molecule has 0 radical (unpaired) electrons. The molecule has 0 aliphatic rings. The van der Waals surface area contributed by atoms with Crippen LogP contribution in [0.1, 0.15) is 5.56 Å². The van der Waals surface area contributed by atoms with E-state index < -0.39 is 0 Å². The Bertz CT molecular complexity index is 481. The van der Waals surface area contributed by atoms with Crippen LogP contribution in [0.5, 0.6) is 0 Å². The molecule has 4 N–H and O–H groups in total. The number of hydrogen-bond donors (Lipinski definition) is 2. The van der Waals surface area contributed by atoms with E-state index in [0.717, 1.165) is 16.8 Å². The van der Waals surface area contributed by atoms with Gasteiger partial charge in [0.05, 0.1) is 0 Å². The third kappa shape index (κ3) is 1.63. The van der Waals surface area contributed by atoms with Gasteiger partial charge in [0.15, 0.2) is 5.82 Å². The van der Waals surface area contributed by atoms with Crippen LogP contribution in [0.3, 0.4) is 0 Å². The first-order chi connectivity index (χ1) is 7.08. The molecule has 5 nitrogen and oxygen atoms in total. The van der Waals surface area contributed by atoms with Gasteiger partial charge in [0.1, 0.15) is 0 Å². The Hall–Kier alpha value is -2.04. The summed E-state index contributed by atoms with van der Waals surface area (Å²) in [6.07, 6.45) is 0. The van der Waals surface area contributed by atoms with Crippen LogP contribution >= 0.6 is 0 Å². The summed E-state index contributed by atoms with van der Waals surface area (Å²) in [6.45, 7) is 1.95. The van der Waals surface area contributed by atoms with E-state index in [-0.39, 0.29) is 0 Å². The first kappa shape index (κ1) is 9.51. The van der Waals surface area contributed by atoms with Crippen molar-refractivity contribution < 1.29 is 0 Å². The molecule has 5 heteroatoms. The molecule has 0 spiro atoms. The van der Waals surface area contributed by atoms with Gasteiger partial charge in [0.25, 0.3) is 0 Å². The number of nitrogens with zero attached hydrogens (tertiary/aromatic N) is 3. The van der Waals surface area contributed by atoms with Crippen LogP contribution in [0.25, 0.3) is 11.4 Å². The number of nitrogen functional groups attached to an aromatic ring is 2. The van der Waals surface area contributed by atoms with Crippen LogP contribution in [-0.2, 0) is 7.05 Å². The van der Waals surface area contributed by atoms with Crippen LogP contribution < -0.4 is 11.5 Å². The van der Waals surface area contributed by atoms with Gasteiger partial charge in [-0.1, -0.05) is 0 Å². The third-order valence-electron chi connectivity index (χ3n) is 2.32. The molecular weight excluding hydrogens is 190 g/mol. The minimum Gasteiger partial charge on any atom is -0.399 e. The molecule has 0 amide bonds. The Kier molecular flexibility index (Phi) is 2.07. The van der Waals surface area contributed by atoms with E-state index in [0.29, 0.717) is 11.8 Å². The zero-order chi connectivity index (χ0) is 11.0. The van der Waals surface area contributed by atoms with Crippen LogP contribution in [0.2, 0.25) is 0 Å². The van der Waals surface area contributed by atoms with Crippen molar-refractivity contribution in [2.24, 2.45) is 7.05 Å². The summed E-state index contributed by atoms with van der Waals surface area (Å²) >= 11 is 0. The maximum atomic E-state index is 5.73. The van der Waals surface area contributed by atoms with Crippen molar-refractivity contribution in [1.82, 2.24) is 14.8 Å². The molecule has 1 aromatic heterocycles. The molecule has 1 aromatic carbocycles. The number of rotatable bonds is 1. The van der Waals surface area contributed by atoms with Crippen LogP contribution in [0.4, 0.5) is 11.6 Å². The van der Waals surface area contributed by atoms with Gasteiger partial charge in [0, 0.05) is 18.3 Å². The fraction of sp³-hybridized carbons (Fsp3) is 0.200. The minimum absolute atomic E-state index is 0.402. The molecule has 0 unspecified atom stereocenters. The van der Waals surface area contributed by atoms with Gasteiger partial charge in [-0.15, -0.1) is 5.10 Å². The summed E-state index contributed by atoms with van der Waals surface area (Å²) in [4.78, 5) is 4.14. The molecule has 0 aliphatic carbocycles. The van der Waals surface area contributed by atoms with Crippen molar-refractivity contribution in [3.63, 3.8) is 0 Å². The number of nitrogens with two attached hydrogens (primary N) is 2. The highest BCUT2D eigenvalue weighted by molar-refractivity contribution is 5.62. The van der Waals surface area contributed by atoms with E-state index in [1.807, 2.05) is 25.1 Å². The van der Waals surface area contributed by atoms with E-state index in [4.69, 9.17) is 11.5 Å². The molecule has 0 fully saturated rings. The highest BCUT2D eigenvalue weighted by atomic mass is 15.4. The summed E-state index contributed by atoms with van der Waals surface area (Å²) in [7, 11) is 1.76. The Morgan fingerprint density at radius 2 is 2.00 bits per heavy atom. The quantitative estimate of drug-likeness (QED) is 0.676. The van der Waals surface area contributed by atoms with Crippen LogP contribution in [0, 0.1) is 6.92 Å². The smallest absolute Gasteiger partial charge is 0.218 e. The van der Waals surface area contributed by atoms with E-state index >= 15 is 0 Å². The number of aryl methyl sites for hydroxylation is 2. The van der Waals surface area contributed by atoms with Gasteiger partial charge in [-0.25, -0.2) is 4.68 Å². The molecular formula is C10H13N5. The molecule has 2 aromatic rings. The van der Waals surface area contributed by atoms with Gasteiger partial charge in [-0.2, -0.15) is 4.98 Å². The summed E-state index contributed by atoms with van der Waals surface area (Å²) < 4.78 is 1.54. The summed E-state index contributed by atoms with van der Waals surface area (Å²) in [6, 6.07) is 5.68. The fourth-order valence-corrected chi connectivity index (χ4v) is 1.33. The standard InChI is InChI=1S/C10H13N5/c1-6-5-7(3-4-8(6)11)9-13-10(12)15(2)14-9/h3-5H,11H2,1-2H3,(H2,12,13,14). The zero-order valence-electron chi connectivity index (χ0n) is 8.73. The SMILES string of the molecule is Cc1cc(-c2nc(N)n(C)n2)ccc1N. The molecule has 0 saturated carbocycles. The van der Waals surface area contributed by atoms with Crippen molar-refractivity contribution in [2.75, 3.05) is 11.5 Å². The predicted octanol–water partition coefficient (Wildman–Crippen LogP) is 0.955. The van der Waals surface area contributed by atoms with Gasteiger partial charge in [-0.3, -0.25) is 0 Å². The number of benzene rings is 1. The van der Waals surface area contributed by atoms with Gasteiger partial charge in [0.2, 0.25) is 5.95 Å². The molecule has 15 heavy (non-hydrogen) atoms. The summed E-state index contributed by atoms with van der Waals surface area (Å²) in [5.41, 5.74) is 14.0. The van der Waals surface area contributed by atoms with Gasteiger partial charge >= 0.3 is 0 Å². The van der Waals surface area contributed by atoms with Gasteiger partial charge in [-0.05, 0) is 30.7 Å². The van der Waals surface area contributed by atoms with Crippen LogP contribution in [0.15, 0.2) is 18.2 Å². The van der Waals surface area contributed by atoms with Crippen molar-refractivity contribution in [2.45, 2.75) is 6.92 Å². The van der Waals surface area contributed by atoms with E-state index in [1.54, 1.807) is 11.7 Å². The number of aromatic nitrogens is 3. The van der Waals surface area contributed by atoms with E-state index in [1.165, 1.54) is 0 Å². The molecule has 0 atom stereocenters. The van der Waals surface area contributed by atoms with Gasteiger partial charge < -0.3 is 11.5 Å². The molecule has 78 valence electrons. The Labute approximate surface area is 87.7 Å². The summed E-state index contributed by atoms with van der Waals surface area (Å²) in [5.74, 6) is 1.03. The first-order valence-corrected chi connectivity index (χ1v) is 4.61. The molecule has 0 aliphatic heterocycles. The predicted molar refractivity (Wildman–Crippen MR) is 60.0 cm³/mol. The topological polar surface area (TPSA) is 82.8 Å². The zero-order valence-corrected chi connectivity index (χ0v) is 8.73. The number of anilines is 2. The molecule has 0 bridgehead atoms. The normalized spacial score (nSPS) is 10.5. The highest BCUT2D eigenvalue weighted by Gasteiger charge is 2.07.